The third kappa shape index (κ3) is 13.0. The average molecular weight is 457 g/mol. The van der Waals surface area contributed by atoms with Gasteiger partial charge in [0.2, 0.25) is 17.7 Å². The quantitative estimate of drug-likeness (QED) is 0.312. The lowest BCUT2D eigenvalue weighted by molar-refractivity contribution is -0.166. The minimum atomic E-state index is -0.697. The third-order valence-electron chi connectivity index (χ3n) is 5.11. The number of nitrogens with one attached hydrogen (secondary N) is 2. The molecule has 0 radical (unpaired) electrons. The zero-order valence-corrected chi connectivity index (χ0v) is 18.6. The Morgan fingerprint density at radius 3 is 1.62 bits per heavy atom. The number of rotatable bonds is 0. The van der Waals surface area contributed by atoms with Gasteiger partial charge in [-0.1, -0.05) is 12.8 Å². The molecule has 4 amide bonds. The summed E-state index contributed by atoms with van der Waals surface area (Å²) in [5.41, 5.74) is 0. The lowest BCUT2D eigenvalue weighted by Gasteiger charge is -2.15. The number of Topliss-reactive ketones (excluding diaryl/α,β-unsaturated/α-hetero) is 1. The van der Waals surface area contributed by atoms with Crippen LogP contribution < -0.4 is 10.6 Å². The maximum atomic E-state index is 11.9. The number of nitrogens with zero attached hydrogens (tertiary/aromatic N) is 2. The highest BCUT2D eigenvalue weighted by Crippen LogP contribution is 2.05. The molecule has 1 aliphatic rings. The van der Waals surface area contributed by atoms with Gasteiger partial charge in [-0.3, -0.25) is 34.4 Å². The summed E-state index contributed by atoms with van der Waals surface area (Å²) in [5.74, 6) is -2.15. The van der Waals surface area contributed by atoms with E-state index in [4.69, 9.17) is 0 Å². The molecule has 1 saturated heterocycles. The number of carbonyl (C=O) groups is 5. The highest BCUT2D eigenvalue weighted by molar-refractivity contribution is 5.98. The fourth-order valence-electron chi connectivity index (χ4n) is 3.14. The number of hydrogen-bond donors (Lipinski definition) is 4. The molecule has 0 atom stereocenters. The van der Waals surface area contributed by atoms with Gasteiger partial charge in [0.05, 0.1) is 6.42 Å². The largest absolute Gasteiger partial charge is 0.356 e. The van der Waals surface area contributed by atoms with Crippen molar-refractivity contribution < 1.29 is 34.4 Å². The van der Waals surface area contributed by atoms with Crippen LogP contribution in [0.2, 0.25) is 0 Å². The van der Waals surface area contributed by atoms with Crippen LogP contribution in [0.3, 0.4) is 0 Å². The van der Waals surface area contributed by atoms with Gasteiger partial charge in [0.25, 0.3) is 5.91 Å². The summed E-state index contributed by atoms with van der Waals surface area (Å²) in [6, 6.07) is 0. The first-order chi connectivity index (χ1) is 15.3. The van der Waals surface area contributed by atoms with Crippen LogP contribution in [-0.2, 0) is 24.0 Å². The molecule has 0 bridgehead atoms. The second-order valence-corrected chi connectivity index (χ2v) is 7.92. The third-order valence-corrected chi connectivity index (χ3v) is 5.11. The smallest absolute Gasteiger partial charge is 0.253 e. The minimum Gasteiger partial charge on any atom is -0.356 e. The van der Waals surface area contributed by atoms with Crippen molar-refractivity contribution in [1.82, 2.24) is 20.8 Å². The average Bonchev–Trinajstić information content (AvgIpc) is 2.76. The van der Waals surface area contributed by atoms with Gasteiger partial charge in [-0.15, -0.1) is 0 Å². The normalized spacial score (nSPS) is 21.4. The van der Waals surface area contributed by atoms with Crippen molar-refractivity contribution in [3.63, 3.8) is 0 Å². The van der Waals surface area contributed by atoms with E-state index >= 15 is 0 Å². The van der Waals surface area contributed by atoms with E-state index in [1.165, 1.54) is 0 Å². The molecule has 0 aromatic rings. The highest BCUT2D eigenvalue weighted by Gasteiger charge is 2.17. The Morgan fingerprint density at radius 1 is 0.562 bits per heavy atom. The Balaban J connectivity index is 2.49. The fraction of sp³-hybridized carbons (Fsp3) is 0.762. The molecular formula is C21H36N4O7. The summed E-state index contributed by atoms with van der Waals surface area (Å²) in [7, 11) is 0. The summed E-state index contributed by atoms with van der Waals surface area (Å²) in [4.78, 5) is 59.2. The van der Waals surface area contributed by atoms with Crippen molar-refractivity contribution in [1.29, 1.82) is 0 Å². The molecule has 182 valence electrons. The van der Waals surface area contributed by atoms with Crippen molar-refractivity contribution in [3.8, 4) is 0 Å². The Kier molecular flexibility index (Phi) is 13.9. The molecule has 0 saturated carbocycles. The van der Waals surface area contributed by atoms with Gasteiger partial charge in [-0.2, -0.15) is 0 Å². The van der Waals surface area contributed by atoms with Crippen molar-refractivity contribution in [2.75, 3.05) is 26.2 Å². The van der Waals surface area contributed by atoms with E-state index in [9.17, 15) is 34.4 Å². The first kappa shape index (κ1) is 27.5. The maximum Gasteiger partial charge on any atom is 0.253 e. The van der Waals surface area contributed by atoms with Crippen molar-refractivity contribution >= 4 is 29.4 Å². The van der Waals surface area contributed by atoms with Crippen molar-refractivity contribution in [3.05, 3.63) is 0 Å². The Morgan fingerprint density at radius 2 is 1.03 bits per heavy atom. The van der Waals surface area contributed by atoms with Gasteiger partial charge < -0.3 is 10.6 Å². The molecule has 1 aliphatic heterocycles. The molecule has 0 aromatic carbocycles. The maximum absolute atomic E-state index is 11.9. The van der Waals surface area contributed by atoms with Gasteiger partial charge >= 0.3 is 0 Å². The van der Waals surface area contributed by atoms with E-state index in [0.717, 1.165) is 19.3 Å². The summed E-state index contributed by atoms with van der Waals surface area (Å²) in [5, 5.41) is 26.1. The summed E-state index contributed by atoms with van der Waals surface area (Å²) in [6.45, 7) is 1.11. The van der Waals surface area contributed by atoms with E-state index in [2.05, 4.69) is 10.6 Å². The SMILES string of the molecule is O=C1CCC(=O)NCCCCCCN(O)C(=O)CCC(=O)NCCCCCN(O)C(=O)C1. The van der Waals surface area contributed by atoms with Gasteiger partial charge in [0.15, 0.2) is 0 Å². The minimum absolute atomic E-state index is 0.00908. The monoisotopic (exact) mass is 456 g/mol. The lowest BCUT2D eigenvalue weighted by Crippen LogP contribution is -2.31. The molecular weight excluding hydrogens is 420 g/mol. The number of carbonyl (C=O) groups excluding carboxylic acids is 5. The number of amides is 4. The fourth-order valence-corrected chi connectivity index (χ4v) is 3.14. The van der Waals surface area contributed by atoms with Crippen molar-refractivity contribution in [2.45, 2.75) is 77.0 Å². The zero-order chi connectivity index (χ0) is 23.8. The van der Waals surface area contributed by atoms with Gasteiger partial charge in [-0.05, 0) is 32.1 Å². The van der Waals surface area contributed by atoms with Crippen LogP contribution in [0.1, 0.15) is 77.0 Å². The molecule has 11 nitrogen and oxygen atoms in total. The predicted octanol–water partition coefficient (Wildman–Crippen LogP) is 0.918. The molecule has 0 aromatic heterocycles. The van der Waals surface area contributed by atoms with Crippen LogP contribution in [0, 0.1) is 0 Å². The van der Waals surface area contributed by atoms with Crippen molar-refractivity contribution in [2.24, 2.45) is 0 Å². The number of hydroxylamine groups is 4. The topological polar surface area (TPSA) is 156 Å². The van der Waals surface area contributed by atoms with Crippen LogP contribution in [0.15, 0.2) is 0 Å². The van der Waals surface area contributed by atoms with Gasteiger partial charge in [0.1, 0.15) is 5.78 Å². The first-order valence-electron chi connectivity index (χ1n) is 11.3. The summed E-state index contributed by atoms with van der Waals surface area (Å²) in [6.07, 6.45) is 4.04. The van der Waals surface area contributed by atoms with Crippen LogP contribution in [0.5, 0.6) is 0 Å². The summed E-state index contributed by atoms with van der Waals surface area (Å²) >= 11 is 0. The molecule has 1 rings (SSSR count). The van der Waals surface area contributed by atoms with Gasteiger partial charge in [0, 0.05) is 51.9 Å². The molecule has 1 fully saturated rings. The van der Waals surface area contributed by atoms with E-state index in [1.807, 2.05) is 0 Å². The van der Waals surface area contributed by atoms with E-state index in [0.29, 0.717) is 48.9 Å². The molecule has 0 aliphatic carbocycles. The Hall–Kier alpha value is -2.53. The second kappa shape index (κ2) is 16.2. The molecule has 4 N–H and O–H groups in total. The van der Waals surface area contributed by atoms with Crippen LogP contribution in [0.4, 0.5) is 0 Å². The standard InChI is InChI=1S/C21H36N4O7/c26-17-8-9-18(27)22-12-4-1-2-6-14-24(31)20(29)11-10-19(28)23-13-5-3-7-15-25(32)21(30)16-17/h31-32H,1-16H2,(H,22,27)(H,23,28). The number of hydrogen-bond acceptors (Lipinski definition) is 7. The predicted molar refractivity (Wildman–Crippen MR) is 113 cm³/mol. The van der Waals surface area contributed by atoms with Gasteiger partial charge in [-0.25, -0.2) is 10.1 Å². The van der Waals surface area contributed by atoms with E-state index in [1.54, 1.807) is 0 Å². The molecule has 32 heavy (non-hydrogen) atoms. The highest BCUT2D eigenvalue weighted by atomic mass is 16.5. The summed E-state index contributed by atoms with van der Waals surface area (Å²) < 4.78 is 0. The molecule has 1 heterocycles. The Labute approximate surface area is 188 Å². The van der Waals surface area contributed by atoms with E-state index < -0.39 is 24.0 Å². The number of ketones is 1. The molecule has 0 spiro atoms. The van der Waals surface area contributed by atoms with Crippen LogP contribution in [0.25, 0.3) is 0 Å². The molecule has 0 unspecified atom stereocenters. The lowest BCUT2D eigenvalue weighted by atomic mass is 10.1. The first-order valence-corrected chi connectivity index (χ1v) is 11.3. The zero-order valence-electron chi connectivity index (χ0n) is 18.6. The van der Waals surface area contributed by atoms with Crippen LogP contribution in [-0.4, -0.2) is 76.1 Å². The van der Waals surface area contributed by atoms with E-state index in [-0.39, 0.29) is 50.6 Å². The Bertz CT molecular complexity index is 642. The van der Waals surface area contributed by atoms with Crippen LogP contribution >= 0.6 is 0 Å². The molecule has 11 heteroatoms. The second-order valence-electron chi connectivity index (χ2n) is 7.92.